The van der Waals surface area contributed by atoms with Crippen LogP contribution in [0.5, 0.6) is 0 Å². The zero-order chi connectivity index (χ0) is 16.1. The Morgan fingerprint density at radius 2 is 1.95 bits per heavy atom. The van der Waals surface area contributed by atoms with Crippen LogP contribution >= 0.6 is 7.82 Å². The van der Waals surface area contributed by atoms with Gasteiger partial charge >= 0.3 is 7.82 Å². The van der Waals surface area contributed by atoms with E-state index in [1.807, 2.05) is 0 Å². The zero-order valence-corrected chi connectivity index (χ0v) is 13.6. The summed E-state index contributed by atoms with van der Waals surface area (Å²) in [6.07, 6.45) is 2.47. The average Bonchev–Trinajstić information content (AvgIpc) is 2.75. The minimum absolute atomic E-state index is 0.00586. The Labute approximate surface area is 124 Å². The second kappa shape index (κ2) is 7.69. The molecule has 0 bridgehead atoms. The van der Waals surface area contributed by atoms with Crippen LogP contribution in [0.3, 0.4) is 0 Å². The topological polar surface area (TPSA) is 130 Å². The van der Waals surface area contributed by atoms with Crippen LogP contribution in [0.15, 0.2) is 0 Å². The molecule has 0 radical (unpaired) electrons. The maximum Gasteiger partial charge on any atom is 0.469 e. The van der Waals surface area contributed by atoms with Crippen molar-refractivity contribution in [2.24, 2.45) is 5.92 Å². The third-order valence-corrected chi connectivity index (χ3v) is 5.70. The molecule has 0 saturated heterocycles. The maximum atomic E-state index is 12.1. The molecule has 1 saturated carbocycles. The van der Waals surface area contributed by atoms with Crippen molar-refractivity contribution >= 4 is 23.6 Å². The Morgan fingerprint density at radius 1 is 1.38 bits per heavy atom. The van der Waals surface area contributed by atoms with Crippen molar-refractivity contribution in [1.29, 1.82) is 0 Å². The first-order valence-corrected chi connectivity index (χ1v) is 10.1. The average molecular weight is 343 g/mol. The van der Waals surface area contributed by atoms with E-state index in [-0.39, 0.29) is 18.2 Å². The molecule has 1 unspecified atom stereocenters. The van der Waals surface area contributed by atoms with Gasteiger partial charge in [0.15, 0.2) is 9.84 Å². The minimum Gasteiger partial charge on any atom is -0.354 e. The summed E-state index contributed by atoms with van der Waals surface area (Å²) in [6, 6.07) is 0. The standard InChI is InChI=1S/C11H22NO7PS/c1-9(13)12-6-11(19-20(14,15)16)8-21(17,18)7-10-4-2-3-5-10/h10-11H,2-8H2,1H3,(H,12,13)(H2,14,15,16). The van der Waals surface area contributed by atoms with E-state index in [4.69, 9.17) is 9.79 Å². The smallest absolute Gasteiger partial charge is 0.354 e. The van der Waals surface area contributed by atoms with Gasteiger partial charge in [0.1, 0.15) is 6.10 Å². The normalized spacial score (nSPS) is 18.6. The summed E-state index contributed by atoms with van der Waals surface area (Å²) in [5.41, 5.74) is 0. The molecule has 1 aliphatic carbocycles. The quantitative estimate of drug-likeness (QED) is 0.537. The maximum absolute atomic E-state index is 12.1. The van der Waals surface area contributed by atoms with Gasteiger partial charge in [0.05, 0.1) is 11.5 Å². The van der Waals surface area contributed by atoms with Crippen molar-refractivity contribution in [3.63, 3.8) is 0 Å². The SMILES string of the molecule is CC(=O)NCC(CS(=O)(=O)CC1CCCC1)OP(=O)(O)O. The Bertz CT molecular complexity index is 495. The highest BCUT2D eigenvalue weighted by Crippen LogP contribution is 2.38. The molecule has 0 aromatic carbocycles. The summed E-state index contributed by atoms with van der Waals surface area (Å²) in [4.78, 5) is 28.5. The number of carbonyl (C=O) groups is 1. The molecule has 0 aliphatic heterocycles. The van der Waals surface area contributed by atoms with E-state index in [0.29, 0.717) is 0 Å². The van der Waals surface area contributed by atoms with Crippen molar-refractivity contribution in [2.75, 3.05) is 18.1 Å². The lowest BCUT2D eigenvalue weighted by atomic mass is 10.1. The molecule has 0 heterocycles. The van der Waals surface area contributed by atoms with E-state index < -0.39 is 35.4 Å². The van der Waals surface area contributed by atoms with E-state index in [9.17, 15) is 17.8 Å². The number of sulfone groups is 1. The Kier molecular flexibility index (Phi) is 6.80. The first-order chi connectivity index (χ1) is 9.57. The molecule has 1 atom stereocenters. The molecule has 10 heteroatoms. The molecule has 1 aliphatic rings. The van der Waals surface area contributed by atoms with Gasteiger partial charge in [-0.05, 0) is 18.8 Å². The highest BCUT2D eigenvalue weighted by Gasteiger charge is 2.29. The molecular weight excluding hydrogens is 321 g/mol. The summed E-state index contributed by atoms with van der Waals surface area (Å²) in [6.45, 7) is 0.964. The van der Waals surface area contributed by atoms with Gasteiger partial charge < -0.3 is 15.1 Å². The number of amides is 1. The lowest BCUT2D eigenvalue weighted by molar-refractivity contribution is -0.119. The Hall–Kier alpha value is -0.470. The highest BCUT2D eigenvalue weighted by molar-refractivity contribution is 7.91. The summed E-state index contributed by atoms with van der Waals surface area (Å²) in [5.74, 6) is -0.850. The molecule has 21 heavy (non-hydrogen) atoms. The van der Waals surface area contributed by atoms with Crippen LogP contribution in [0.4, 0.5) is 0 Å². The molecule has 3 N–H and O–H groups in total. The Balaban J connectivity index is 2.63. The van der Waals surface area contributed by atoms with Gasteiger partial charge in [-0.1, -0.05) is 12.8 Å². The predicted molar refractivity (Wildman–Crippen MR) is 76.2 cm³/mol. The lowest BCUT2D eigenvalue weighted by Crippen LogP contribution is -2.37. The second-order valence-corrected chi connectivity index (χ2v) is 8.73. The highest BCUT2D eigenvalue weighted by atomic mass is 32.2. The molecule has 0 aromatic rings. The van der Waals surface area contributed by atoms with Crippen molar-refractivity contribution < 1.29 is 32.1 Å². The second-order valence-electron chi connectivity index (χ2n) is 5.38. The molecule has 124 valence electrons. The van der Waals surface area contributed by atoms with Gasteiger partial charge in [0.2, 0.25) is 5.91 Å². The van der Waals surface area contributed by atoms with Crippen molar-refractivity contribution in [3.05, 3.63) is 0 Å². The van der Waals surface area contributed by atoms with Gasteiger partial charge in [-0.25, -0.2) is 13.0 Å². The summed E-state index contributed by atoms with van der Waals surface area (Å²) < 4.78 is 39.5. The first kappa shape index (κ1) is 18.6. The molecule has 0 aromatic heterocycles. The minimum atomic E-state index is -4.82. The fourth-order valence-electron chi connectivity index (χ4n) is 2.47. The fourth-order valence-corrected chi connectivity index (χ4v) is 5.04. The van der Waals surface area contributed by atoms with Crippen LogP contribution in [0.2, 0.25) is 0 Å². The van der Waals surface area contributed by atoms with Crippen LogP contribution in [-0.2, 0) is 23.7 Å². The number of phosphoric ester groups is 1. The number of nitrogens with one attached hydrogen (secondary N) is 1. The van der Waals surface area contributed by atoms with Crippen LogP contribution in [-0.4, -0.2) is 48.3 Å². The summed E-state index contributed by atoms with van der Waals surface area (Å²) in [5, 5.41) is 2.31. The Morgan fingerprint density at radius 3 is 2.43 bits per heavy atom. The third-order valence-electron chi connectivity index (χ3n) is 3.27. The molecular formula is C11H22NO7PS. The van der Waals surface area contributed by atoms with Crippen LogP contribution in [0.1, 0.15) is 32.6 Å². The molecule has 8 nitrogen and oxygen atoms in total. The van der Waals surface area contributed by atoms with Crippen LogP contribution in [0.25, 0.3) is 0 Å². The van der Waals surface area contributed by atoms with E-state index in [1.165, 1.54) is 6.92 Å². The van der Waals surface area contributed by atoms with Gasteiger partial charge in [-0.2, -0.15) is 0 Å². The fraction of sp³-hybridized carbons (Fsp3) is 0.909. The van der Waals surface area contributed by atoms with Gasteiger partial charge in [0, 0.05) is 13.5 Å². The van der Waals surface area contributed by atoms with E-state index in [1.54, 1.807) is 0 Å². The van der Waals surface area contributed by atoms with Crippen molar-refractivity contribution in [2.45, 2.75) is 38.7 Å². The number of hydrogen-bond donors (Lipinski definition) is 3. The van der Waals surface area contributed by atoms with Crippen LogP contribution in [0, 0.1) is 5.92 Å². The van der Waals surface area contributed by atoms with E-state index >= 15 is 0 Å². The van der Waals surface area contributed by atoms with E-state index in [0.717, 1.165) is 25.7 Å². The molecule has 1 fully saturated rings. The zero-order valence-electron chi connectivity index (χ0n) is 11.9. The molecule has 1 rings (SSSR count). The predicted octanol–water partition coefficient (Wildman–Crippen LogP) is 0.205. The van der Waals surface area contributed by atoms with Crippen LogP contribution < -0.4 is 5.32 Å². The summed E-state index contributed by atoms with van der Waals surface area (Å²) >= 11 is 0. The monoisotopic (exact) mass is 343 g/mol. The number of rotatable bonds is 8. The third kappa shape index (κ3) is 8.53. The van der Waals surface area contributed by atoms with Crippen molar-refractivity contribution in [3.8, 4) is 0 Å². The largest absolute Gasteiger partial charge is 0.469 e. The van der Waals surface area contributed by atoms with Gasteiger partial charge in [-0.3, -0.25) is 9.32 Å². The lowest BCUT2D eigenvalue weighted by Gasteiger charge is -2.19. The van der Waals surface area contributed by atoms with Gasteiger partial charge in [0.25, 0.3) is 0 Å². The first-order valence-electron chi connectivity index (χ1n) is 6.76. The molecule has 1 amide bonds. The number of carbonyl (C=O) groups excluding carboxylic acids is 1. The van der Waals surface area contributed by atoms with E-state index in [2.05, 4.69) is 9.84 Å². The number of hydrogen-bond acceptors (Lipinski definition) is 5. The van der Waals surface area contributed by atoms with Crippen molar-refractivity contribution in [1.82, 2.24) is 5.32 Å². The molecule has 0 spiro atoms. The van der Waals surface area contributed by atoms with Gasteiger partial charge in [-0.15, -0.1) is 0 Å². The summed E-state index contributed by atoms with van der Waals surface area (Å²) in [7, 11) is -8.32. The number of phosphoric acid groups is 1.